The molecule has 0 saturated heterocycles. The number of nitrogens with one attached hydrogen (secondary N) is 1. The molecule has 8 heteroatoms. The van der Waals surface area contributed by atoms with Crippen molar-refractivity contribution in [3.63, 3.8) is 0 Å². The first kappa shape index (κ1) is 17.9. The topological polar surface area (TPSA) is 55.4 Å². The molecule has 0 fully saturated rings. The van der Waals surface area contributed by atoms with Gasteiger partial charge in [0.2, 0.25) is 23.3 Å². The standard InChI is InChI=1S/C14H15F4NO3/c1-7(2)3-4-19-10(20)6-11(21)22-14-12(17)8(15)5-9(16)13(14)18/h5,7H,3-4,6H2,1-2H3,(H,19,20). The highest BCUT2D eigenvalue weighted by Crippen LogP contribution is 2.26. The van der Waals surface area contributed by atoms with Crippen LogP contribution >= 0.6 is 0 Å². The van der Waals surface area contributed by atoms with Gasteiger partial charge >= 0.3 is 5.97 Å². The maximum absolute atomic E-state index is 13.3. The van der Waals surface area contributed by atoms with Crippen molar-refractivity contribution < 1.29 is 31.9 Å². The van der Waals surface area contributed by atoms with E-state index in [9.17, 15) is 27.2 Å². The summed E-state index contributed by atoms with van der Waals surface area (Å²) in [6.45, 7) is 4.19. The maximum Gasteiger partial charge on any atom is 0.320 e. The Morgan fingerprint density at radius 1 is 1.14 bits per heavy atom. The molecule has 1 aromatic rings. The van der Waals surface area contributed by atoms with Gasteiger partial charge < -0.3 is 10.1 Å². The fourth-order valence-electron chi connectivity index (χ4n) is 1.48. The third kappa shape index (κ3) is 5.01. The number of esters is 1. The van der Waals surface area contributed by atoms with E-state index in [0.29, 0.717) is 18.9 Å². The van der Waals surface area contributed by atoms with Gasteiger partial charge in [-0.1, -0.05) is 13.8 Å². The smallest absolute Gasteiger partial charge is 0.320 e. The van der Waals surface area contributed by atoms with Gasteiger partial charge in [-0.3, -0.25) is 9.59 Å². The van der Waals surface area contributed by atoms with E-state index < -0.39 is 47.3 Å². The van der Waals surface area contributed by atoms with E-state index in [-0.39, 0.29) is 6.07 Å². The largest absolute Gasteiger partial charge is 0.420 e. The third-order valence-corrected chi connectivity index (χ3v) is 2.64. The molecule has 1 rings (SSSR count). The van der Waals surface area contributed by atoms with E-state index in [1.54, 1.807) is 0 Å². The van der Waals surface area contributed by atoms with Gasteiger partial charge in [0.15, 0.2) is 11.6 Å². The minimum absolute atomic E-state index is 0.0133. The van der Waals surface area contributed by atoms with Crippen molar-refractivity contribution in [2.45, 2.75) is 26.7 Å². The average Bonchev–Trinajstić information content (AvgIpc) is 2.41. The molecule has 0 aliphatic heterocycles. The summed E-state index contributed by atoms with van der Waals surface area (Å²) in [5.41, 5.74) is 0. The number of hydrogen-bond donors (Lipinski definition) is 1. The number of rotatable bonds is 6. The summed E-state index contributed by atoms with van der Waals surface area (Å²) >= 11 is 0. The molecule has 0 aliphatic rings. The van der Waals surface area contributed by atoms with Gasteiger partial charge in [0.05, 0.1) is 0 Å². The van der Waals surface area contributed by atoms with Crippen LogP contribution in [0.25, 0.3) is 0 Å². The first-order valence-electron chi connectivity index (χ1n) is 6.52. The lowest BCUT2D eigenvalue weighted by atomic mass is 10.1. The number of carbonyl (C=O) groups excluding carboxylic acids is 2. The summed E-state index contributed by atoms with van der Waals surface area (Å²) in [7, 11) is 0. The maximum atomic E-state index is 13.3. The first-order valence-corrected chi connectivity index (χ1v) is 6.52. The fraction of sp³-hybridized carbons (Fsp3) is 0.429. The highest BCUT2D eigenvalue weighted by molar-refractivity contribution is 5.95. The van der Waals surface area contributed by atoms with Crippen LogP contribution in [-0.4, -0.2) is 18.4 Å². The van der Waals surface area contributed by atoms with E-state index >= 15 is 0 Å². The molecular weight excluding hydrogens is 306 g/mol. The lowest BCUT2D eigenvalue weighted by Gasteiger charge is -2.09. The van der Waals surface area contributed by atoms with Gasteiger partial charge in [-0.25, -0.2) is 8.78 Å². The Labute approximate surface area is 124 Å². The summed E-state index contributed by atoms with van der Waals surface area (Å²) in [5.74, 6) is -10.3. The summed E-state index contributed by atoms with van der Waals surface area (Å²) in [5, 5.41) is 2.41. The Hall–Kier alpha value is -2.12. The summed E-state index contributed by atoms with van der Waals surface area (Å²) in [6, 6.07) is -0.0133. The second-order valence-electron chi connectivity index (χ2n) is 4.98. The van der Waals surface area contributed by atoms with Crippen LogP contribution in [0.3, 0.4) is 0 Å². The van der Waals surface area contributed by atoms with Gasteiger partial charge in [0.1, 0.15) is 6.42 Å². The molecule has 1 amide bonds. The number of amides is 1. The van der Waals surface area contributed by atoms with Gasteiger partial charge in [-0.15, -0.1) is 0 Å². The van der Waals surface area contributed by atoms with Crippen molar-refractivity contribution in [1.29, 1.82) is 0 Å². The van der Waals surface area contributed by atoms with E-state index in [2.05, 4.69) is 10.1 Å². The minimum atomic E-state index is -1.84. The molecule has 0 unspecified atom stereocenters. The van der Waals surface area contributed by atoms with Gasteiger partial charge in [-0.2, -0.15) is 8.78 Å². The Kier molecular flexibility index (Phi) is 6.33. The van der Waals surface area contributed by atoms with E-state index in [1.807, 2.05) is 13.8 Å². The predicted molar refractivity (Wildman–Crippen MR) is 69.0 cm³/mol. The van der Waals surface area contributed by atoms with Crippen LogP contribution < -0.4 is 10.1 Å². The number of halogens is 4. The van der Waals surface area contributed by atoms with Crippen LogP contribution in [0.2, 0.25) is 0 Å². The summed E-state index contributed by atoms with van der Waals surface area (Å²) < 4.78 is 56.6. The van der Waals surface area contributed by atoms with Gasteiger partial charge in [-0.05, 0) is 12.3 Å². The zero-order valence-electron chi connectivity index (χ0n) is 12.0. The Balaban J connectivity index is 2.64. The van der Waals surface area contributed by atoms with Gasteiger partial charge in [0, 0.05) is 12.6 Å². The average molecular weight is 321 g/mol. The van der Waals surface area contributed by atoms with Gasteiger partial charge in [0.25, 0.3) is 0 Å². The van der Waals surface area contributed by atoms with Crippen molar-refractivity contribution in [1.82, 2.24) is 5.32 Å². The monoisotopic (exact) mass is 321 g/mol. The quantitative estimate of drug-likeness (QED) is 0.288. The molecule has 1 aromatic carbocycles. The predicted octanol–water partition coefficient (Wildman–Crippen LogP) is 2.70. The van der Waals surface area contributed by atoms with Crippen molar-refractivity contribution in [2.24, 2.45) is 5.92 Å². The molecule has 0 atom stereocenters. The highest BCUT2D eigenvalue weighted by atomic mass is 19.2. The van der Waals surface area contributed by atoms with Crippen molar-refractivity contribution in [2.75, 3.05) is 6.54 Å². The molecule has 0 saturated carbocycles. The number of ether oxygens (including phenoxy) is 1. The Morgan fingerprint density at radius 2 is 1.68 bits per heavy atom. The molecule has 22 heavy (non-hydrogen) atoms. The lowest BCUT2D eigenvalue weighted by Crippen LogP contribution is -2.29. The Bertz CT molecular complexity index is 549. The van der Waals surface area contributed by atoms with Crippen LogP contribution in [-0.2, 0) is 9.59 Å². The number of hydrogen-bond acceptors (Lipinski definition) is 3. The molecule has 0 heterocycles. The first-order chi connectivity index (χ1) is 10.2. The molecule has 0 bridgehead atoms. The van der Waals surface area contributed by atoms with Crippen LogP contribution in [0.5, 0.6) is 5.75 Å². The molecule has 0 aromatic heterocycles. The molecule has 4 nitrogen and oxygen atoms in total. The minimum Gasteiger partial charge on any atom is -0.420 e. The fourth-order valence-corrected chi connectivity index (χ4v) is 1.48. The van der Waals surface area contributed by atoms with Crippen molar-refractivity contribution in [3.8, 4) is 5.75 Å². The van der Waals surface area contributed by atoms with Crippen LogP contribution in [0.1, 0.15) is 26.7 Å². The molecule has 1 N–H and O–H groups in total. The molecule has 0 spiro atoms. The van der Waals surface area contributed by atoms with Crippen LogP contribution in [0.4, 0.5) is 17.6 Å². The third-order valence-electron chi connectivity index (χ3n) is 2.64. The molecular formula is C14H15F4NO3. The van der Waals surface area contributed by atoms with Crippen LogP contribution in [0, 0.1) is 29.2 Å². The Morgan fingerprint density at radius 3 is 2.18 bits per heavy atom. The zero-order chi connectivity index (χ0) is 16.9. The SMILES string of the molecule is CC(C)CCNC(=O)CC(=O)Oc1c(F)c(F)cc(F)c1F. The number of benzene rings is 1. The molecule has 122 valence electrons. The summed E-state index contributed by atoms with van der Waals surface area (Å²) in [6.07, 6.45) is -0.145. The number of carbonyl (C=O) groups is 2. The van der Waals surface area contributed by atoms with E-state index in [1.165, 1.54) is 0 Å². The lowest BCUT2D eigenvalue weighted by molar-refractivity contribution is -0.138. The second kappa shape index (κ2) is 7.77. The summed E-state index contributed by atoms with van der Waals surface area (Å²) in [4.78, 5) is 22.8. The second-order valence-corrected chi connectivity index (χ2v) is 4.98. The van der Waals surface area contributed by atoms with Crippen LogP contribution in [0.15, 0.2) is 6.07 Å². The van der Waals surface area contributed by atoms with E-state index in [4.69, 9.17) is 0 Å². The van der Waals surface area contributed by atoms with E-state index in [0.717, 1.165) is 0 Å². The molecule has 0 radical (unpaired) electrons. The normalized spacial score (nSPS) is 10.7. The highest BCUT2D eigenvalue weighted by Gasteiger charge is 2.23. The molecule has 0 aliphatic carbocycles. The van der Waals surface area contributed by atoms with Crippen molar-refractivity contribution in [3.05, 3.63) is 29.3 Å². The zero-order valence-corrected chi connectivity index (χ0v) is 12.0. The van der Waals surface area contributed by atoms with Crippen molar-refractivity contribution >= 4 is 11.9 Å².